The summed E-state index contributed by atoms with van der Waals surface area (Å²) >= 11 is 0. The van der Waals surface area contributed by atoms with E-state index >= 15 is 0 Å². The Bertz CT molecular complexity index is 565. The highest BCUT2D eigenvalue weighted by atomic mass is 19.1. The van der Waals surface area contributed by atoms with Crippen molar-refractivity contribution >= 4 is 6.29 Å². The molecule has 0 saturated heterocycles. The van der Waals surface area contributed by atoms with Crippen LogP contribution in [0.3, 0.4) is 0 Å². The number of allylic oxidation sites excluding steroid dienone is 4. The Morgan fingerprint density at radius 1 is 1.37 bits per heavy atom. The van der Waals surface area contributed by atoms with E-state index < -0.39 is 5.67 Å². The van der Waals surface area contributed by atoms with Crippen LogP contribution in [0.2, 0.25) is 0 Å². The highest BCUT2D eigenvalue weighted by Gasteiger charge is 2.29. The normalized spacial score (nSPS) is 21.6. The fraction of sp³-hybridized carbons (Fsp3) is 0.250. The molecule has 0 saturated carbocycles. The molecule has 0 radical (unpaired) electrons. The quantitative estimate of drug-likeness (QED) is 0.771. The highest BCUT2D eigenvalue weighted by Crippen LogP contribution is 2.36. The molecule has 1 aliphatic rings. The molecule has 2 nitrogen and oxygen atoms in total. The lowest BCUT2D eigenvalue weighted by atomic mass is 9.86. The molecule has 0 aliphatic heterocycles. The number of carbonyl (C=O) groups is 1. The first-order valence-electron chi connectivity index (χ1n) is 6.19. The minimum Gasteiger partial charge on any atom is -0.303 e. The van der Waals surface area contributed by atoms with E-state index in [1.807, 2.05) is 12.1 Å². The summed E-state index contributed by atoms with van der Waals surface area (Å²) in [5.74, 6) is 0. The third kappa shape index (κ3) is 2.97. The standard InChI is InChI=1S/C16H14FNO/c17-16(15-5-3-14(12-18)4-6-15)9-7-13(8-10-16)2-1-11-19/h3-9,11H,1-2,10H2. The Kier molecular flexibility index (Phi) is 3.91. The topological polar surface area (TPSA) is 40.9 Å². The monoisotopic (exact) mass is 255 g/mol. The zero-order valence-electron chi connectivity index (χ0n) is 10.5. The van der Waals surface area contributed by atoms with E-state index in [1.165, 1.54) is 6.08 Å². The predicted octanol–water partition coefficient (Wildman–Crippen LogP) is 3.59. The molecule has 0 fully saturated rings. The van der Waals surface area contributed by atoms with Crippen LogP contribution in [0.5, 0.6) is 0 Å². The largest absolute Gasteiger partial charge is 0.303 e. The number of carbonyl (C=O) groups excluding carboxylic acids is 1. The summed E-state index contributed by atoms with van der Waals surface area (Å²) in [5, 5.41) is 8.72. The zero-order chi connectivity index (χ0) is 13.7. The summed E-state index contributed by atoms with van der Waals surface area (Å²) < 4.78 is 14.8. The lowest BCUT2D eigenvalue weighted by molar-refractivity contribution is -0.107. The van der Waals surface area contributed by atoms with Crippen molar-refractivity contribution in [1.29, 1.82) is 5.26 Å². The maximum Gasteiger partial charge on any atom is 0.157 e. The van der Waals surface area contributed by atoms with Gasteiger partial charge < -0.3 is 4.79 Å². The number of halogens is 1. The van der Waals surface area contributed by atoms with Crippen molar-refractivity contribution in [3.63, 3.8) is 0 Å². The van der Waals surface area contributed by atoms with Gasteiger partial charge in [-0.3, -0.25) is 0 Å². The van der Waals surface area contributed by atoms with Crippen LogP contribution >= 0.6 is 0 Å². The highest BCUT2D eigenvalue weighted by molar-refractivity contribution is 5.50. The number of benzene rings is 1. The van der Waals surface area contributed by atoms with Crippen molar-refractivity contribution < 1.29 is 9.18 Å². The molecule has 0 N–H and O–H groups in total. The van der Waals surface area contributed by atoms with E-state index in [-0.39, 0.29) is 6.42 Å². The lowest BCUT2D eigenvalue weighted by Crippen LogP contribution is -2.18. The van der Waals surface area contributed by atoms with Crippen molar-refractivity contribution in [2.75, 3.05) is 0 Å². The summed E-state index contributed by atoms with van der Waals surface area (Å²) in [5.41, 5.74) is 0.551. The molecule has 3 heteroatoms. The first-order valence-corrected chi connectivity index (χ1v) is 6.19. The smallest absolute Gasteiger partial charge is 0.157 e. The van der Waals surface area contributed by atoms with Crippen molar-refractivity contribution in [3.8, 4) is 6.07 Å². The van der Waals surface area contributed by atoms with Gasteiger partial charge in [0, 0.05) is 12.8 Å². The van der Waals surface area contributed by atoms with Crippen LogP contribution in [-0.4, -0.2) is 6.29 Å². The predicted molar refractivity (Wildman–Crippen MR) is 71.1 cm³/mol. The van der Waals surface area contributed by atoms with Gasteiger partial charge in [0.15, 0.2) is 5.67 Å². The minimum atomic E-state index is -1.52. The number of nitrogens with zero attached hydrogens (tertiary/aromatic N) is 1. The molecule has 2 rings (SSSR count). The Morgan fingerprint density at radius 3 is 2.63 bits per heavy atom. The van der Waals surface area contributed by atoms with Gasteiger partial charge in [-0.25, -0.2) is 4.39 Å². The first kappa shape index (κ1) is 13.2. The second-order valence-corrected chi connectivity index (χ2v) is 4.57. The number of hydrogen-bond donors (Lipinski definition) is 0. The molecule has 1 atom stereocenters. The second-order valence-electron chi connectivity index (χ2n) is 4.57. The van der Waals surface area contributed by atoms with Gasteiger partial charge in [0.25, 0.3) is 0 Å². The number of aldehydes is 1. The van der Waals surface area contributed by atoms with E-state index in [9.17, 15) is 9.18 Å². The fourth-order valence-corrected chi connectivity index (χ4v) is 2.10. The van der Waals surface area contributed by atoms with Gasteiger partial charge in [0.2, 0.25) is 0 Å². The van der Waals surface area contributed by atoms with E-state index in [4.69, 9.17) is 5.26 Å². The Hall–Kier alpha value is -2.21. The fourth-order valence-electron chi connectivity index (χ4n) is 2.10. The van der Waals surface area contributed by atoms with Gasteiger partial charge in [-0.15, -0.1) is 0 Å². The van der Waals surface area contributed by atoms with Crippen LogP contribution in [0.15, 0.2) is 48.1 Å². The molecular weight excluding hydrogens is 241 g/mol. The molecule has 1 aromatic rings. The van der Waals surface area contributed by atoms with E-state index in [1.54, 1.807) is 30.3 Å². The minimum absolute atomic E-state index is 0.267. The summed E-state index contributed by atoms with van der Waals surface area (Å²) in [4.78, 5) is 10.3. The molecule has 1 aliphatic carbocycles. The van der Waals surface area contributed by atoms with Crippen LogP contribution < -0.4 is 0 Å². The van der Waals surface area contributed by atoms with Crippen LogP contribution in [0.25, 0.3) is 0 Å². The van der Waals surface area contributed by atoms with Crippen LogP contribution in [0.1, 0.15) is 30.4 Å². The third-order valence-electron chi connectivity index (χ3n) is 3.27. The molecule has 96 valence electrons. The maximum absolute atomic E-state index is 14.8. The Labute approximate surface area is 111 Å². The molecular formula is C16H14FNO. The average molecular weight is 255 g/mol. The third-order valence-corrected chi connectivity index (χ3v) is 3.27. The van der Waals surface area contributed by atoms with Crippen LogP contribution in [0.4, 0.5) is 4.39 Å². The molecule has 0 aromatic heterocycles. The summed E-state index contributed by atoms with van der Waals surface area (Å²) in [6, 6.07) is 8.55. The second kappa shape index (κ2) is 5.62. The SMILES string of the molecule is N#Cc1ccc(C2(F)C=CC(CCC=O)=CC2)cc1. The lowest BCUT2D eigenvalue weighted by Gasteiger charge is -2.24. The first-order chi connectivity index (χ1) is 9.18. The molecule has 0 spiro atoms. The van der Waals surface area contributed by atoms with E-state index in [2.05, 4.69) is 0 Å². The van der Waals surface area contributed by atoms with Gasteiger partial charge in [-0.1, -0.05) is 29.9 Å². The molecule has 1 unspecified atom stereocenters. The summed E-state index contributed by atoms with van der Waals surface area (Å²) in [6.07, 6.45) is 7.37. The Balaban J connectivity index is 2.13. The zero-order valence-corrected chi connectivity index (χ0v) is 10.5. The van der Waals surface area contributed by atoms with Gasteiger partial charge in [-0.05, 0) is 30.2 Å². The number of rotatable bonds is 4. The van der Waals surface area contributed by atoms with Gasteiger partial charge >= 0.3 is 0 Å². The molecule has 0 heterocycles. The van der Waals surface area contributed by atoms with Crippen LogP contribution in [-0.2, 0) is 10.5 Å². The van der Waals surface area contributed by atoms with Gasteiger partial charge in [0.05, 0.1) is 11.6 Å². The molecule has 19 heavy (non-hydrogen) atoms. The molecule has 0 amide bonds. The molecule has 1 aromatic carbocycles. The Morgan fingerprint density at radius 2 is 2.11 bits per heavy atom. The van der Waals surface area contributed by atoms with Crippen LogP contribution in [0, 0.1) is 11.3 Å². The number of alkyl halides is 1. The van der Waals surface area contributed by atoms with Gasteiger partial charge in [-0.2, -0.15) is 5.26 Å². The molecule has 0 bridgehead atoms. The summed E-state index contributed by atoms with van der Waals surface area (Å²) in [6.45, 7) is 0. The van der Waals surface area contributed by atoms with Crippen molar-refractivity contribution in [2.45, 2.75) is 24.9 Å². The summed E-state index contributed by atoms with van der Waals surface area (Å²) in [7, 11) is 0. The van der Waals surface area contributed by atoms with Gasteiger partial charge in [0.1, 0.15) is 6.29 Å². The number of nitriles is 1. The van der Waals surface area contributed by atoms with E-state index in [0.29, 0.717) is 24.0 Å². The van der Waals surface area contributed by atoms with E-state index in [0.717, 1.165) is 11.9 Å². The number of hydrogen-bond acceptors (Lipinski definition) is 2. The van der Waals surface area contributed by atoms with Crippen molar-refractivity contribution in [1.82, 2.24) is 0 Å². The van der Waals surface area contributed by atoms with Crippen molar-refractivity contribution in [2.24, 2.45) is 0 Å². The van der Waals surface area contributed by atoms with Crippen molar-refractivity contribution in [3.05, 3.63) is 59.2 Å². The average Bonchev–Trinajstić information content (AvgIpc) is 2.47. The maximum atomic E-state index is 14.8.